The average Bonchev–Trinajstić information content (AvgIpc) is 3.81. The number of H-pyrrole nitrogens is 1. The molecule has 2 aliphatic heterocycles. The lowest BCUT2D eigenvalue weighted by Crippen LogP contribution is -2.51. The lowest BCUT2D eigenvalue weighted by Gasteiger charge is -2.34. The van der Waals surface area contributed by atoms with Crippen LogP contribution in [0.15, 0.2) is 45.0 Å². The highest BCUT2D eigenvalue weighted by molar-refractivity contribution is 14.1. The number of rotatable bonds is 15. The zero-order chi connectivity index (χ0) is 38.5. The van der Waals surface area contributed by atoms with E-state index in [9.17, 15) is 24.0 Å². The van der Waals surface area contributed by atoms with E-state index < -0.39 is 22.6 Å². The number of nitrogens with two attached hydrogens (primary N) is 1. The van der Waals surface area contributed by atoms with E-state index in [1.54, 1.807) is 33.6 Å². The van der Waals surface area contributed by atoms with Crippen LogP contribution in [0, 0.1) is 3.57 Å². The number of nitrogens with zero attached hydrogens (tertiary/aromatic N) is 6. The van der Waals surface area contributed by atoms with Gasteiger partial charge in [-0.25, -0.2) is 4.98 Å². The number of fused-ring (bicyclic) bond motifs is 1. The summed E-state index contributed by atoms with van der Waals surface area (Å²) in [6.07, 6.45) is 5.44. The second-order valence-corrected chi connectivity index (χ2v) is 14.5. The van der Waals surface area contributed by atoms with Crippen LogP contribution in [0.4, 0.5) is 23.0 Å². The number of aromatic amines is 1. The Kier molecular flexibility index (Phi) is 12.4. The zero-order valence-electron chi connectivity index (χ0n) is 29.7. The molecule has 0 saturated carbocycles. The van der Waals surface area contributed by atoms with Gasteiger partial charge in [-0.2, -0.15) is 4.98 Å². The molecule has 2 saturated heterocycles. The maximum Gasteiger partial charge on any atom is 0.280 e. The number of carbonyl (C=O) groups excluding carboxylic acids is 2. The third kappa shape index (κ3) is 8.79. The van der Waals surface area contributed by atoms with Crippen molar-refractivity contribution in [3.05, 3.63) is 70.0 Å². The fourth-order valence-electron chi connectivity index (χ4n) is 6.34. The zero-order valence-corrected chi connectivity index (χ0v) is 32.6. The van der Waals surface area contributed by atoms with Crippen LogP contribution in [-0.2, 0) is 14.3 Å². The normalized spacial score (nSPS) is 17.6. The van der Waals surface area contributed by atoms with Crippen molar-refractivity contribution in [2.24, 2.45) is 0 Å². The molecule has 0 bridgehead atoms. The molecule has 2 aliphatic rings. The molecule has 2 atom stereocenters. The van der Waals surface area contributed by atoms with Crippen LogP contribution in [0.1, 0.15) is 19.1 Å². The number of benzene rings is 1. The lowest BCUT2D eigenvalue weighted by atomic mass is 10.1. The molecule has 0 aliphatic carbocycles. The molecule has 2 amide bonds. The molecule has 0 radical (unpaired) electrons. The number of likely N-dealkylation sites (N-methyl/N-ethyl adjacent to an activating group) is 1. The Morgan fingerprint density at radius 2 is 1.83 bits per heavy atom. The van der Waals surface area contributed by atoms with Crippen molar-refractivity contribution in [2.75, 3.05) is 94.7 Å². The number of amides is 2. The first-order chi connectivity index (χ1) is 25.9. The van der Waals surface area contributed by atoms with Gasteiger partial charge in [0.05, 0.1) is 36.8 Å². The van der Waals surface area contributed by atoms with Gasteiger partial charge in [0.1, 0.15) is 23.4 Å². The maximum absolute atomic E-state index is 12.8. The minimum absolute atomic E-state index is 0.0157. The van der Waals surface area contributed by atoms with Crippen LogP contribution in [-0.4, -0.2) is 125 Å². The first kappa shape index (κ1) is 39.0. The molecule has 2 aromatic carbocycles. The Labute approximate surface area is 327 Å². The first-order valence-corrected chi connectivity index (χ1v) is 18.8. The summed E-state index contributed by atoms with van der Waals surface area (Å²) in [4.78, 5) is 78.6. The summed E-state index contributed by atoms with van der Waals surface area (Å²) in [5.41, 5.74) is 5.75. The number of aromatic nitrogens is 4. The summed E-state index contributed by atoms with van der Waals surface area (Å²) in [5, 5.41) is 9.82. The average molecular weight is 878 g/mol. The Hall–Kier alpha value is -4.73. The van der Waals surface area contributed by atoms with Crippen molar-refractivity contribution in [1.29, 1.82) is 0 Å². The Bertz CT molecular complexity index is 2180. The molecule has 6 N–H and O–H groups in total. The number of carbonyl (C=O) groups is 2. The monoisotopic (exact) mass is 877 g/mol. The van der Waals surface area contributed by atoms with Crippen LogP contribution in [0.25, 0.3) is 11.2 Å². The predicted molar refractivity (Wildman–Crippen MR) is 213 cm³/mol. The number of nitrogen functional groups attached to an aromatic ring is 1. The van der Waals surface area contributed by atoms with Crippen LogP contribution < -0.4 is 42.8 Å². The number of anilines is 4. The van der Waals surface area contributed by atoms with E-state index in [-0.39, 0.29) is 47.3 Å². The molecule has 4 heterocycles. The summed E-state index contributed by atoms with van der Waals surface area (Å²) >= 11 is 8.29. The molecule has 4 aromatic rings. The predicted octanol–water partition coefficient (Wildman–Crippen LogP) is 1.04. The molecule has 0 unspecified atom stereocenters. The van der Waals surface area contributed by atoms with Crippen molar-refractivity contribution in [3.8, 4) is 5.75 Å². The third-order valence-corrected chi connectivity index (χ3v) is 10.9. The molecule has 2 fully saturated rings. The Morgan fingerprint density at radius 3 is 2.57 bits per heavy atom. The molecule has 288 valence electrons. The topological polar surface area (TPSA) is 222 Å². The van der Waals surface area contributed by atoms with Gasteiger partial charge in [0.2, 0.25) is 17.8 Å². The summed E-state index contributed by atoms with van der Waals surface area (Å²) in [5.74, 6) is 0.335. The Morgan fingerprint density at radius 1 is 1.11 bits per heavy atom. The highest BCUT2D eigenvalue weighted by Crippen LogP contribution is 2.32. The van der Waals surface area contributed by atoms with Crippen molar-refractivity contribution in [2.45, 2.75) is 25.2 Å². The fourth-order valence-corrected chi connectivity index (χ4v) is 6.96. The summed E-state index contributed by atoms with van der Waals surface area (Å²) < 4.78 is 14.0. The molecular weight excluding hydrogens is 837 g/mol. The lowest BCUT2D eigenvalue weighted by molar-refractivity contribution is -0.135. The third-order valence-electron chi connectivity index (χ3n) is 9.35. The molecule has 2 aromatic heterocycles. The van der Waals surface area contributed by atoms with Crippen molar-refractivity contribution in [3.63, 3.8) is 0 Å². The van der Waals surface area contributed by atoms with Crippen LogP contribution in [0.5, 0.6) is 5.75 Å². The Balaban J connectivity index is 0.883. The number of ether oxygens (including phenoxy) is 2. The number of hydrogen-bond donors (Lipinski definition) is 5. The van der Waals surface area contributed by atoms with E-state index >= 15 is 0 Å². The highest BCUT2D eigenvalue weighted by atomic mass is 127. The number of hydrogen-bond acceptors (Lipinski definition) is 14. The van der Waals surface area contributed by atoms with Gasteiger partial charge in [-0.15, -0.1) is 0 Å². The number of imidazole rings is 1. The van der Waals surface area contributed by atoms with E-state index in [1.807, 2.05) is 18.0 Å². The van der Waals surface area contributed by atoms with E-state index in [1.165, 1.54) is 12.4 Å². The van der Waals surface area contributed by atoms with Crippen LogP contribution >= 0.6 is 34.2 Å². The molecule has 0 spiro atoms. The van der Waals surface area contributed by atoms with Crippen molar-refractivity contribution < 1.29 is 19.1 Å². The second-order valence-electron chi connectivity index (χ2n) is 13.0. The molecule has 18 nitrogen and oxygen atoms in total. The summed E-state index contributed by atoms with van der Waals surface area (Å²) in [6.45, 7) is 3.55. The van der Waals surface area contributed by atoms with Gasteiger partial charge >= 0.3 is 0 Å². The van der Waals surface area contributed by atoms with Gasteiger partial charge < -0.3 is 45.9 Å². The minimum Gasteiger partial charge on any atom is -0.495 e. The largest absolute Gasteiger partial charge is 0.495 e. The number of piperazine rings is 1. The maximum atomic E-state index is 12.8. The summed E-state index contributed by atoms with van der Waals surface area (Å²) in [7, 11) is 3.42. The van der Waals surface area contributed by atoms with Gasteiger partial charge in [0, 0.05) is 68.1 Å². The molecule has 6 rings (SSSR count). The fraction of sp³-hybridized carbons (Fsp3) is 0.441. The number of nitrogens with one attached hydrogen (secondary N) is 4. The van der Waals surface area contributed by atoms with Gasteiger partial charge in [-0.1, -0.05) is 17.7 Å². The second kappa shape index (κ2) is 17.2. The quantitative estimate of drug-likeness (QED) is 0.0640. The SMILES string of the molecule is COc1cc(Cl)c(I)cc1NCC(=O)N1CCN(C(=O)/C=C/CN(C)CCNc2c(NC[C@@H]3CC[C@H](n4cnc5c(=O)[nH]c(N)nc54)O3)c(=O)c2=O)CC1. The molecule has 20 heteroatoms. The van der Waals surface area contributed by atoms with E-state index in [2.05, 4.69) is 53.5 Å². The highest BCUT2D eigenvalue weighted by Gasteiger charge is 2.30. The van der Waals surface area contributed by atoms with Crippen molar-refractivity contribution in [1.82, 2.24) is 34.2 Å². The van der Waals surface area contributed by atoms with Crippen LogP contribution in [0.3, 0.4) is 0 Å². The van der Waals surface area contributed by atoms with E-state index in [0.717, 1.165) is 3.57 Å². The minimum atomic E-state index is -0.586. The van der Waals surface area contributed by atoms with E-state index in [4.69, 9.17) is 26.8 Å². The number of halogens is 2. The number of methoxy groups -OCH3 is 1. The van der Waals surface area contributed by atoms with Gasteiger partial charge in [0.15, 0.2) is 11.2 Å². The standard InChI is InChI=1S/C34H41ClIN11O7/c1-44(8-3-4-24(48)45-10-12-46(13-11-45)25(49)17-39-22-15-21(36)20(35)14-23(22)53-2)9-7-38-27-28(31(51)30(27)50)40-16-19-5-6-26(54-19)47-18-41-29-32(47)42-34(37)43-33(29)52/h3-4,14-15,18-19,26,38-40H,5-13,16-17H2,1-2H3,(H3,37,42,43,52)/b4-3+/t19-,26+/m0/s1. The molecular formula is C34H41ClIN11O7. The van der Waals surface area contributed by atoms with Crippen molar-refractivity contribution >= 4 is 80.2 Å². The smallest absolute Gasteiger partial charge is 0.280 e. The molecule has 54 heavy (non-hydrogen) atoms. The van der Waals surface area contributed by atoms with Crippen LogP contribution in [0.2, 0.25) is 5.02 Å². The van der Waals surface area contributed by atoms with Gasteiger partial charge in [0.25, 0.3) is 16.4 Å². The summed E-state index contributed by atoms with van der Waals surface area (Å²) in [6, 6.07) is 3.53. The van der Waals surface area contributed by atoms with Gasteiger partial charge in [-0.05, 0) is 48.5 Å². The first-order valence-electron chi connectivity index (χ1n) is 17.3. The van der Waals surface area contributed by atoms with Gasteiger partial charge in [-0.3, -0.25) is 33.5 Å². The van der Waals surface area contributed by atoms with E-state index in [0.29, 0.717) is 87.3 Å².